The average Bonchev–Trinajstić information content (AvgIpc) is 2.66. The van der Waals surface area contributed by atoms with Gasteiger partial charge in [0.15, 0.2) is 5.17 Å². The lowest BCUT2D eigenvalue weighted by Crippen LogP contribution is -2.24. The van der Waals surface area contributed by atoms with Gasteiger partial charge in [0.05, 0.1) is 5.04 Å². The van der Waals surface area contributed by atoms with E-state index >= 15 is 0 Å². The van der Waals surface area contributed by atoms with Crippen LogP contribution in [0.25, 0.3) is 0 Å². The van der Waals surface area contributed by atoms with Crippen LogP contribution in [0.1, 0.15) is 33.1 Å². The van der Waals surface area contributed by atoms with Gasteiger partial charge in [-0.15, -0.1) is 0 Å². The molecule has 0 spiro atoms. The molecule has 0 fully saturated rings. The molecule has 0 N–H and O–H groups in total. The molecule has 0 saturated carbocycles. The molecule has 3 aliphatic rings. The summed E-state index contributed by atoms with van der Waals surface area (Å²) in [4.78, 5) is 22.1. The zero-order valence-electron chi connectivity index (χ0n) is 11.0. The van der Waals surface area contributed by atoms with Gasteiger partial charge in [0, 0.05) is 5.25 Å². The van der Waals surface area contributed by atoms with Crippen LogP contribution in [0, 0.1) is 5.92 Å². The van der Waals surface area contributed by atoms with E-state index in [4.69, 9.17) is 0 Å². The number of carbonyl (C=O) groups is 1. The summed E-state index contributed by atoms with van der Waals surface area (Å²) in [6.45, 7) is 4.05. The van der Waals surface area contributed by atoms with Crippen molar-refractivity contribution in [3.05, 3.63) is 22.6 Å². The minimum absolute atomic E-state index is 0.0471. The van der Waals surface area contributed by atoms with Crippen molar-refractivity contribution in [2.75, 3.05) is 0 Å². The summed E-state index contributed by atoms with van der Waals surface area (Å²) >= 11 is 3.24. The van der Waals surface area contributed by atoms with Gasteiger partial charge in [-0.25, -0.2) is 4.99 Å². The average molecular weight is 292 g/mol. The number of allylic oxidation sites excluding steroid dienone is 2. The van der Waals surface area contributed by atoms with Gasteiger partial charge in [-0.05, 0) is 43.6 Å². The molecule has 2 aliphatic heterocycles. The maximum Gasteiger partial charge on any atom is 0.262 e. The van der Waals surface area contributed by atoms with Crippen molar-refractivity contribution in [3.8, 4) is 0 Å². The van der Waals surface area contributed by atoms with Crippen LogP contribution in [-0.4, -0.2) is 21.4 Å². The molecule has 2 unspecified atom stereocenters. The van der Waals surface area contributed by atoms with Crippen LogP contribution in [0.2, 0.25) is 0 Å². The highest BCUT2D eigenvalue weighted by atomic mass is 32.2. The minimum atomic E-state index is -0.198. The minimum Gasteiger partial charge on any atom is -0.271 e. The van der Waals surface area contributed by atoms with Crippen molar-refractivity contribution < 1.29 is 4.79 Å². The van der Waals surface area contributed by atoms with E-state index in [1.807, 2.05) is 13.8 Å². The number of nitrogens with zero attached hydrogens (tertiary/aromatic N) is 2. The molecule has 0 radical (unpaired) electrons. The summed E-state index contributed by atoms with van der Waals surface area (Å²) < 4.78 is 0. The summed E-state index contributed by atoms with van der Waals surface area (Å²) in [5, 5.41) is 1.97. The Balaban J connectivity index is 1.78. The zero-order valence-corrected chi connectivity index (χ0v) is 12.7. The van der Waals surface area contributed by atoms with Crippen LogP contribution in [0.4, 0.5) is 0 Å². The van der Waals surface area contributed by atoms with E-state index in [9.17, 15) is 4.79 Å². The molecular weight excluding hydrogens is 276 g/mol. The van der Waals surface area contributed by atoms with Gasteiger partial charge in [-0.1, -0.05) is 35.7 Å². The largest absolute Gasteiger partial charge is 0.271 e. The fourth-order valence-corrected chi connectivity index (χ4v) is 4.63. The number of hydrogen-bond donors (Lipinski definition) is 0. The molecule has 0 bridgehead atoms. The number of carbonyl (C=O) groups excluding carboxylic acids is 1. The third kappa shape index (κ3) is 2.58. The quantitative estimate of drug-likeness (QED) is 0.691. The predicted molar refractivity (Wildman–Crippen MR) is 83.7 cm³/mol. The molecule has 0 aromatic rings. The van der Waals surface area contributed by atoms with Crippen molar-refractivity contribution in [2.24, 2.45) is 15.9 Å². The summed E-state index contributed by atoms with van der Waals surface area (Å²) in [5.74, 6) is -0.245. The normalized spacial score (nSPS) is 30.3. The molecule has 19 heavy (non-hydrogen) atoms. The molecule has 100 valence electrons. The van der Waals surface area contributed by atoms with E-state index < -0.39 is 0 Å². The van der Waals surface area contributed by atoms with E-state index in [1.165, 1.54) is 11.3 Å². The van der Waals surface area contributed by atoms with Crippen molar-refractivity contribution in [2.45, 2.75) is 38.4 Å². The monoisotopic (exact) mass is 292 g/mol. The van der Waals surface area contributed by atoms with Crippen LogP contribution < -0.4 is 0 Å². The number of rotatable bonds is 1. The lowest BCUT2D eigenvalue weighted by molar-refractivity contribution is -0.118. The van der Waals surface area contributed by atoms with Gasteiger partial charge < -0.3 is 0 Å². The maximum absolute atomic E-state index is 12.1. The van der Waals surface area contributed by atoms with Gasteiger partial charge in [-0.3, -0.25) is 4.79 Å². The Hall–Kier alpha value is -0.810. The van der Waals surface area contributed by atoms with Crippen LogP contribution >= 0.6 is 23.5 Å². The fourth-order valence-electron chi connectivity index (χ4n) is 2.41. The van der Waals surface area contributed by atoms with Gasteiger partial charge in [0.2, 0.25) is 0 Å². The van der Waals surface area contributed by atoms with Crippen molar-refractivity contribution >= 4 is 39.6 Å². The molecule has 3 nitrogen and oxygen atoms in total. The third-order valence-electron chi connectivity index (χ3n) is 3.62. The molecule has 1 amide bonds. The number of fused-ring (bicyclic) bond motifs is 1. The molecule has 0 saturated heterocycles. The molecule has 1 aliphatic carbocycles. The SMILES string of the molecule is CC1=C(C)C2C(=O)N=C(SC3C=CCCC3)N=C2S1. The molecule has 5 heteroatoms. The lowest BCUT2D eigenvalue weighted by Gasteiger charge is -2.18. The standard InChI is InChI=1S/C14H16N2OS2/c1-8-9(2)18-13-11(8)12(17)15-14(16-13)19-10-6-4-3-5-7-10/h4,6,10-11H,3,5,7H2,1-2H3. The first-order valence-electron chi connectivity index (χ1n) is 6.55. The molecule has 0 aromatic heterocycles. The Morgan fingerprint density at radius 2 is 2.21 bits per heavy atom. The summed E-state index contributed by atoms with van der Waals surface area (Å²) in [6.07, 6.45) is 7.94. The second-order valence-electron chi connectivity index (χ2n) is 4.97. The Morgan fingerprint density at radius 3 is 2.95 bits per heavy atom. The van der Waals surface area contributed by atoms with Crippen LogP contribution in [0.3, 0.4) is 0 Å². The van der Waals surface area contributed by atoms with E-state index in [1.54, 1.807) is 23.5 Å². The number of thioether (sulfide) groups is 2. The molecule has 3 rings (SSSR count). The van der Waals surface area contributed by atoms with Gasteiger partial charge >= 0.3 is 0 Å². The number of amidine groups is 1. The number of amides is 1. The van der Waals surface area contributed by atoms with Gasteiger partial charge in [0.25, 0.3) is 5.91 Å². The zero-order chi connectivity index (χ0) is 13.4. The van der Waals surface area contributed by atoms with Crippen LogP contribution in [-0.2, 0) is 4.79 Å². The van der Waals surface area contributed by atoms with Crippen molar-refractivity contribution in [3.63, 3.8) is 0 Å². The topological polar surface area (TPSA) is 41.8 Å². The first-order chi connectivity index (χ1) is 9.15. The second kappa shape index (κ2) is 5.29. The number of hydrogen-bond acceptors (Lipinski definition) is 4. The Bertz CT molecular complexity index is 546. The van der Waals surface area contributed by atoms with Crippen molar-refractivity contribution in [1.29, 1.82) is 0 Å². The Kier molecular flexibility index (Phi) is 3.67. The molecule has 0 aromatic carbocycles. The fraction of sp³-hybridized carbons (Fsp3) is 0.500. The van der Waals surface area contributed by atoms with Gasteiger partial charge in [0.1, 0.15) is 5.92 Å². The first kappa shape index (κ1) is 13.2. The molecule has 2 atom stereocenters. The molecular formula is C14H16N2OS2. The van der Waals surface area contributed by atoms with E-state index in [-0.39, 0.29) is 11.8 Å². The van der Waals surface area contributed by atoms with E-state index in [2.05, 4.69) is 22.1 Å². The van der Waals surface area contributed by atoms with Crippen molar-refractivity contribution in [1.82, 2.24) is 0 Å². The van der Waals surface area contributed by atoms with E-state index in [0.29, 0.717) is 10.4 Å². The number of aliphatic imine (C=N–C) groups is 2. The smallest absolute Gasteiger partial charge is 0.262 e. The van der Waals surface area contributed by atoms with Crippen LogP contribution in [0.5, 0.6) is 0 Å². The van der Waals surface area contributed by atoms with E-state index in [0.717, 1.165) is 23.5 Å². The van der Waals surface area contributed by atoms with Gasteiger partial charge in [-0.2, -0.15) is 4.99 Å². The summed E-state index contributed by atoms with van der Waals surface area (Å²) in [7, 11) is 0. The van der Waals surface area contributed by atoms with Crippen LogP contribution in [0.15, 0.2) is 32.6 Å². The third-order valence-corrected chi connectivity index (χ3v) is 5.87. The highest BCUT2D eigenvalue weighted by molar-refractivity contribution is 8.18. The highest BCUT2D eigenvalue weighted by Crippen LogP contribution is 2.41. The Morgan fingerprint density at radius 1 is 1.37 bits per heavy atom. The maximum atomic E-state index is 12.1. The summed E-state index contributed by atoms with van der Waals surface area (Å²) in [6, 6.07) is 0. The highest BCUT2D eigenvalue weighted by Gasteiger charge is 2.37. The Labute approximate surface area is 121 Å². The summed E-state index contributed by atoms with van der Waals surface area (Å²) in [5.41, 5.74) is 1.11. The lowest BCUT2D eigenvalue weighted by atomic mass is 10.0. The predicted octanol–water partition coefficient (Wildman–Crippen LogP) is 3.78. The first-order valence-corrected chi connectivity index (χ1v) is 8.24. The molecule has 2 heterocycles. The second-order valence-corrected chi connectivity index (χ2v) is 7.41.